The number of halogens is 1. The molecular weight excluding hydrogens is 193 g/mol. The average molecular weight is 209 g/mol. The zero-order chi connectivity index (χ0) is 11.4. The third-order valence-corrected chi connectivity index (χ3v) is 2.62. The maximum Gasteiger partial charge on any atom is 0.141 e. The predicted octanol–water partition coefficient (Wildman–Crippen LogP) is 1.92. The SMILES string of the molecule is CC(N)C(C)C(=O)Cc1ccccc1F. The molecule has 0 radical (unpaired) electrons. The van der Waals surface area contributed by atoms with E-state index in [9.17, 15) is 9.18 Å². The Balaban J connectivity index is 2.71. The van der Waals surface area contributed by atoms with Gasteiger partial charge in [0.25, 0.3) is 0 Å². The first kappa shape index (κ1) is 11.9. The molecule has 0 fully saturated rings. The molecule has 2 atom stereocenters. The van der Waals surface area contributed by atoms with E-state index in [-0.39, 0.29) is 30.0 Å². The zero-order valence-corrected chi connectivity index (χ0v) is 9.03. The molecule has 0 aromatic heterocycles. The molecule has 0 saturated carbocycles. The van der Waals surface area contributed by atoms with Crippen LogP contribution in [0.5, 0.6) is 0 Å². The van der Waals surface area contributed by atoms with Crippen molar-refractivity contribution in [1.82, 2.24) is 0 Å². The molecule has 0 saturated heterocycles. The van der Waals surface area contributed by atoms with Crippen LogP contribution in [-0.2, 0) is 11.2 Å². The predicted molar refractivity (Wildman–Crippen MR) is 57.9 cm³/mol. The average Bonchev–Trinajstić information content (AvgIpc) is 2.20. The molecule has 1 aromatic rings. The fourth-order valence-electron chi connectivity index (χ4n) is 1.28. The van der Waals surface area contributed by atoms with E-state index < -0.39 is 0 Å². The minimum absolute atomic E-state index is 0.0184. The number of ketones is 1. The van der Waals surface area contributed by atoms with Crippen molar-refractivity contribution < 1.29 is 9.18 Å². The summed E-state index contributed by atoms with van der Waals surface area (Å²) in [5.41, 5.74) is 6.05. The van der Waals surface area contributed by atoms with Crippen LogP contribution in [0.1, 0.15) is 19.4 Å². The summed E-state index contributed by atoms with van der Waals surface area (Å²) in [5.74, 6) is -0.581. The molecule has 0 bridgehead atoms. The van der Waals surface area contributed by atoms with Gasteiger partial charge in [-0.2, -0.15) is 0 Å². The molecule has 0 amide bonds. The van der Waals surface area contributed by atoms with Crippen LogP contribution in [0.25, 0.3) is 0 Å². The lowest BCUT2D eigenvalue weighted by Crippen LogP contribution is -2.31. The highest BCUT2D eigenvalue weighted by Gasteiger charge is 2.18. The van der Waals surface area contributed by atoms with Crippen molar-refractivity contribution in [2.75, 3.05) is 0 Å². The quantitative estimate of drug-likeness (QED) is 0.823. The van der Waals surface area contributed by atoms with Crippen molar-refractivity contribution in [2.45, 2.75) is 26.3 Å². The molecule has 3 heteroatoms. The minimum Gasteiger partial charge on any atom is -0.327 e. The van der Waals surface area contributed by atoms with E-state index in [1.54, 1.807) is 32.0 Å². The molecular formula is C12H16FNO. The van der Waals surface area contributed by atoms with E-state index >= 15 is 0 Å². The van der Waals surface area contributed by atoms with Crippen molar-refractivity contribution in [3.8, 4) is 0 Å². The number of benzene rings is 1. The number of Topliss-reactive ketones (excluding diaryl/α,β-unsaturated/α-hetero) is 1. The molecule has 2 unspecified atom stereocenters. The van der Waals surface area contributed by atoms with Crippen molar-refractivity contribution >= 4 is 5.78 Å². The van der Waals surface area contributed by atoms with Gasteiger partial charge < -0.3 is 5.73 Å². The third kappa shape index (κ3) is 3.13. The fraction of sp³-hybridized carbons (Fsp3) is 0.417. The van der Waals surface area contributed by atoms with Gasteiger partial charge in [-0.05, 0) is 18.6 Å². The fourth-order valence-corrected chi connectivity index (χ4v) is 1.28. The van der Waals surface area contributed by atoms with E-state index in [1.165, 1.54) is 6.07 Å². The summed E-state index contributed by atoms with van der Waals surface area (Å²) < 4.78 is 13.2. The Kier molecular flexibility index (Phi) is 3.97. The monoisotopic (exact) mass is 209 g/mol. The molecule has 2 nitrogen and oxygen atoms in total. The van der Waals surface area contributed by atoms with Crippen LogP contribution >= 0.6 is 0 Å². The van der Waals surface area contributed by atoms with Crippen LogP contribution in [0.2, 0.25) is 0 Å². The number of hydrogen-bond donors (Lipinski definition) is 1. The first-order chi connectivity index (χ1) is 7.02. The Morgan fingerprint density at radius 2 is 2.00 bits per heavy atom. The smallest absolute Gasteiger partial charge is 0.141 e. The first-order valence-electron chi connectivity index (χ1n) is 5.04. The van der Waals surface area contributed by atoms with Crippen LogP contribution in [-0.4, -0.2) is 11.8 Å². The summed E-state index contributed by atoms with van der Waals surface area (Å²) in [6.07, 6.45) is 0.120. The topological polar surface area (TPSA) is 43.1 Å². The summed E-state index contributed by atoms with van der Waals surface area (Å²) in [7, 11) is 0. The van der Waals surface area contributed by atoms with Gasteiger partial charge in [0.05, 0.1) is 0 Å². The Labute approximate surface area is 89.3 Å². The highest BCUT2D eigenvalue weighted by Crippen LogP contribution is 2.11. The van der Waals surface area contributed by atoms with Gasteiger partial charge in [-0.3, -0.25) is 4.79 Å². The number of nitrogens with two attached hydrogens (primary N) is 1. The van der Waals surface area contributed by atoms with Gasteiger partial charge >= 0.3 is 0 Å². The Morgan fingerprint density at radius 1 is 1.40 bits per heavy atom. The number of rotatable bonds is 4. The van der Waals surface area contributed by atoms with Gasteiger partial charge in [0.1, 0.15) is 11.6 Å². The highest BCUT2D eigenvalue weighted by atomic mass is 19.1. The number of carbonyl (C=O) groups is 1. The Bertz CT molecular complexity index is 349. The summed E-state index contributed by atoms with van der Waals surface area (Å²) >= 11 is 0. The Hall–Kier alpha value is -1.22. The van der Waals surface area contributed by atoms with Gasteiger partial charge in [0.2, 0.25) is 0 Å². The third-order valence-electron chi connectivity index (χ3n) is 2.62. The van der Waals surface area contributed by atoms with Crippen LogP contribution in [0, 0.1) is 11.7 Å². The van der Waals surface area contributed by atoms with Gasteiger partial charge in [-0.1, -0.05) is 25.1 Å². The lowest BCUT2D eigenvalue weighted by molar-refractivity contribution is -0.122. The largest absolute Gasteiger partial charge is 0.327 e. The van der Waals surface area contributed by atoms with Gasteiger partial charge in [0.15, 0.2) is 0 Å². The van der Waals surface area contributed by atoms with Gasteiger partial charge in [-0.25, -0.2) is 4.39 Å². The summed E-state index contributed by atoms with van der Waals surface area (Å²) in [6.45, 7) is 3.55. The van der Waals surface area contributed by atoms with Gasteiger partial charge in [0, 0.05) is 18.4 Å². The van der Waals surface area contributed by atoms with Crippen molar-refractivity contribution in [1.29, 1.82) is 0 Å². The van der Waals surface area contributed by atoms with Crippen molar-refractivity contribution in [2.24, 2.45) is 11.7 Å². The number of carbonyl (C=O) groups excluding carboxylic acids is 1. The van der Waals surface area contributed by atoms with E-state index in [0.717, 1.165) is 0 Å². The molecule has 0 aliphatic heterocycles. The molecule has 2 N–H and O–H groups in total. The van der Waals surface area contributed by atoms with E-state index in [1.807, 2.05) is 0 Å². The van der Waals surface area contributed by atoms with E-state index in [0.29, 0.717) is 5.56 Å². The second kappa shape index (κ2) is 5.03. The van der Waals surface area contributed by atoms with Crippen LogP contribution in [0.15, 0.2) is 24.3 Å². The lowest BCUT2D eigenvalue weighted by Gasteiger charge is -2.14. The minimum atomic E-state index is -0.331. The summed E-state index contributed by atoms with van der Waals surface area (Å²) in [6, 6.07) is 6.13. The van der Waals surface area contributed by atoms with Crippen LogP contribution < -0.4 is 5.73 Å². The van der Waals surface area contributed by atoms with Crippen LogP contribution in [0.3, 0.4) is 0 Å². The number of hydrogen-bond acceptors (Lipinski definition) is 2. The second-order valence-corrected chi connectivity index (χ2v) is 3.88. The lowest BCUT2D eigenvalue weighted by atomic mass is 9.94. The molecule has 1 rings (SSSR count). The maximum atomic E-state index is 13.2. The Morgan fingerprint density at radius 3 is 2.53 bits per heavy atom. The summed E-state index contributed by atoms with van der Waals surface area (Å²) in [4.78, 5) is 11.7. The molecule has 1 aromatic carbocycles. The molecule has 0 aliphatic carbocycles. The zero-order valence-electron chi connectivity index (χ0n) is 9.03. The van der Waals surface area contributed by atoms with Crippen LogP contribution in [0.4, 0.5) is 4.39 Å². The molecule has 82 valence electrons. The first-order valence-corrected chi connectivity index (χ1v) is 5.04. The molecule has 0 spiro atoms. The molecule has 0 heterocycles. The maximum absolute atomic E-state index is 13.2. The molecule has 0 aliphatic rings. The van der Waals surface area contributed by atoms with E-state index in [4.69, 9.17) is 5.73 Å². The van der Waals surface area contributed by atoms with Crippen molar-refractivity contribution in [3.63, 3.8) is 0 Å². The van der Waals surface area contributed by atoms with E-state index in [2.05, 4.69) is 0 Å². The van der Waals surface area contributed by atoms with Crippen molar-refractivity contribution in [3.05, 3.63) is 35.6 Å². The van der Waals surface area contributed by atoms with Gasteiger partial charge in [-0.15, -0.1) is 0 Å². The normalized spacial score (nSPS) is 14.7. The summed E-state index contributed by atoms with van der Waals surface area (Å²) in [5, 5.41) is 0. The molecule has 15 heavy (non-hydrogen) atoms. The second-order valence-electron chi connectivity index (χ2n) is 3.88. The highest BCUT2D eigenvalue weighted by molar-refractivity contribution is 5.83. The standard InChI is InChI=1S/C12H16FNO/c1-8(9(2)14)12(15)7-10-5-3-4-6-11(10)13/h3-6,8-9H,7,14H2,1-2H3.